The van der Waals surface area contributed by atoms with Gasteiger partial charge in [0.25, 0.3) is 0 Å². The zero-order chi connectivity index (χ0) is 14.5. The van der Waals surface area contributed by atoms with E-state index in [2.05, 4.69) is 6.92 Å². The van der Waals surface area contributed by atoms with E-state index in [-0.39, 0.29) is 5.43 Å². The molecule has 2 N–H and O–H groups in total. The van der Waals surface area contributed by atoms with Gasteiger partial charge in [0, 0.05) is 6.07 Å². The third-order valence-electron chi connectivity index (χ3n) is 3.66. The zero-order valence-corrected chi connectivity index (χ0v) is 11.6. The van der Waals surface area contributed by atoms with Gasteiger partial charge in [0.1, 0.15) is 5.58 Å². The Morgan fingerprint density at radius 2 is 2.00 bits per heavy atom. The molecule has 0 amide bonds. The van der Waals surface area contributed by atoms with Gasteiger partial charge in [-0.2, -0.15) is 0 Å². The van der Waals surface area contributed by atoms with Crippen LogP contribution in [0.15, 0.2) is 39.7 Å². The summed E-state index contributed by atoms with van der Waals surface area (Å²) in [6, 6.07) is 7.05. The van der Waals surface area contributed by atoms with E-state index in [0.717, 1.165) is 24.8 Å². The van der Waals surface area contributed by atoms with Crippen molar-refractivity contribution < 1.29 is 14.6 Å². The molecule has 0 radical (unpaired) electrons. The van der Waals surface area contributed by atoms with Gasteiger partial charge in [0.2, 0.25) is 0 Å². The maximum Gasteiger partial charge on any atom is 0.192 e. The number of benzene rings is 1. The monoisotopic (exact) mass is 276 g/mol. The Labute approximate surface area is 117 Å². The molecule has 0 saturated carbocycles. The Bertz CT molecular complexity index is 615. The van der Waals surface area contributed by atoms with Crippen molar-refractivity contribution in [3.05, 3.63) is 46.3 Å². The van der Waals surface area contributed by atoms with Crippen molar-refractivity contribution in [3.63, 3.8) is 0 Å². The van der Waals surface area contributed by atoms with Crippen LogP contribution in [0.4, 0.5) is 0 Å². The van der Waals surface area contributed by atoms with Gasteiger partial charge in [-0.3, -0.25) is 4.79 Å². The van der Waals surface area contributed by atoms with E-state index < -0.39 is 6.29 Å². The summed E-state index contributed by atoms with van der Waals surface area (Å²) in [6.45, 7) is 2.09. The van der Waals surface area contributed by atoms with E-state index in [1.54, 1.807) is 6.07 Å². The number of hydrogen-bond acceptors (Lipinski definition) is 4. The zero-order valence-electron chi connectivity index (χ0n) is 11.6. The average molecular weight is 276 g/mol. The van der Waals surface area contributed by atoms with Crippen molar-refractivity contribution in [2.75, 3.05) is 0 Å². The van der Waals surface area contributed by atoms with Crippen LogP contribution < -0.4 is 5.43 Å². The topological polar surface area (TPSA) is 70.7 Å². The van der Waals surface area contributed by atoms with Crippen LogP contribution >= 0.6 is 0 Å². The molecule has 20 heavy (non-hydrogen) atoms. The third-order valence-corrected chi connectivity index (χ3v) is 3.66. The number of aliphatic hydroxyl groups is 2. The van der Waals surface area contributed by atoms with Crippen molar-refractivity contribution >= 4 is 11.0 Å². The highest BCUT2D eigenvalue weighted by molar-refractivity contribution is 5.76. The first-order valence-corrected chi connectivity index (χ1v) is 6.96. The van der Waals surface area contributed by atoms with E-state index in [9.17, 15) is 4.79 Å². The molecule has 0 aliphatic rings. The molecule has 0 aliphatic carbocycles. The Kier molecular flexibility index (Phi) is 4.93. The maximum absolute atomic E-state index is 11.6. The van der Waals surface area contributed by atoms with Gasteiger partial charge in [-0.1, -0.05) is 19.4 Å². The molecular formula is C16H20O4. The molecule has 0 spiro atoms. The van der Waals surface area contributed by atoms with E-state index >= 15 is 0 Å². The Hall–Kier alpha value is -1.65. The number of fused-ring (bicyclic) bond motifs is 1. The quantitative estimate of drug-likeness (QED) is 0.795. The molecule has 108 valence electrons. The van der Waals surface area contributed by atoms with Gasteiger partial charge in [-0.25, -0.2) is 0 Å². The smallest absolute Gasteiger partial charge is 0.192 e. The molecule has 0 bridgehead atoms. The van der Waals surface area contributed by atoms with E-state index in [1.165, 1.54) is 12.3 Å². The molecule has 2 aromatic rings. The first-order valence-electron chi connectivity index (χ1n) is 6.96. The Morgan fingerprint density at radius 1 is 1.20 bits per heavy atom. The summed E-state index contributed by atoms with van der Waals surface area (Å²) in [4.78, 5) is 11.6. The van der Waals surface area contributed by atoms with Crippen LogP contribution in [0.1, 0.15) is 31.7 Å². The number of rotatable bonds is 6. The van der Waals surface area contributed by atoms with Crippen LogP contribution in [0.25, 0.3) is 11.0 Å². The first kappa shape index (κ1) is 14.8. The molecule has 0 aliphatic heterocycles. The van der Waals surface area contributed by atoms with Crippen molar-refractivity contribution in [1.82, 2.24) is 0 Å². The molecule has 1 unspecified atom stereocenters. The van der Waals surface area contributed by atoms with E-state index in [4.69, 9.17) is 14.6 Å². The highest BCUT2D eigenvalue weighted by Gasteiger charge is 2.11. The lowest BCUT2D eigenvalue weighted by Gasteiger charge is -2.15. The summed E-state index contributed by atoms with van der Waals surface area (Å²) < 4.78 is 5.37. The fourth-order valence-electron chi connectivity index (χ4n) is 2.42. The van der Waals surface area contributed by atoms with Gasteiger partial charge in [0.05, 0.1) is 11.6 Å². The molecule has 0 saturated heterocycles. The van der Waals surface area contributed by atoms with Gasteiger partial charge >= 0.3 is 0 Å². The Balaban J connectivity index is 2.14. The highest BCUT2D eigenvalue weighted by Crippen LogP contribution is 2.20. The summed E-state index contributed by atoms with van der Waals surface area (Å²) in [5.74, 6) is 0.393. The SMILES string of the molecule is CCC(CCC(O)O)Cc1ccc2c(=O)ccoc2c1. The third kappa shape index (κ3) is 3.68. The molecule has 2 rings (SSSR count). The van der Waals surface area contributed by atoms with Gasteiger partial charge < -0.3 is 14.6 Å². The fourth-order valence-corrected chi connectivity index (χ4v) is 2.42. The van der Waals surface area contributed by atoms with Crippen LogP contribution in [0.3, 0.4) is 0 Å². The molecule has 1 aromatic heterocycles. The van der Waals surface area contributed by atoms with Gasteiger partial charge in [-0.15, -0.1) is 0 Å². The van der Waals surface area contributed by atoms with Crippen LogP contribution in [0.5, 0.6) is 0 Å². The van der Waals surface area contributed by atoms with Crippen molar-refractivity contribution in [1.29, 1.82) is 0 Å². The predicted octanol–water partition coefficient (Wildman–Crippen LogP) is 2.45. The summed E-state index contributed by atoms with van der Waals surface area (Å²) in [6.07, 6.45) is 3.15. The maximum atomic E-state index is 11.6. The summed E-state index contributed by atoms with van der Waals surface area (Å²) in [5.41, 5.74) is 1.67. The van der Waals surface area contributed by atoms with Gasteiger partial charge in [-0.05, 0) is 42.9 Å². The average Bonchev–Trinajstić information content (AvgIpc) is 2.43. The second-order valence-electron chi connectivity index (χ2n) is 5.15. The minimum absolute atomic E-state index is 0.0340. The molecular weight excluding hydrogens is 256 g/mol. The molecule has 1 aromatic carbocycles. The van der Waals surface area contributed by atoms with Crippen LogP contribution in [0.2, 0.25) is 0 Å². The summed E-state index contributed by atoms with van der Waals surface area (Å²) in [7, 11) is 0. The molecule has 0 fully saturated rings. The standard InChI is InChI=1S/C16H20O4/c1-2-11(4-6-16(18)19)9-12-3-5-13-14(17)7-8-20-15(13)10-12/h3,5,7-8,10-11,16,18-19H,2,4,6,9H2,1H3. The first-order chi connectivity index (χ1) is 9.60. The van der Waals surface area contributed by atoms with E-state index in [1.807, 2.05) is 12.1 Å². The largest absolute Gasteiger partial charge is 0.464 e. The Morgan fingerprint density at radius 3 is 2.70 bits per heavy atom. The predicted molar refractivity (Wildman–Crippen MR) is 77.4 cm³/mol. The lowest BCUT2D eigenvalue weighted by molar-refractivity contribution is -0.0489. The summed E-state index contributed by atoms with van der Waals surface area (Å²) >= 11 is 0. The van der Waals surface area contributed by atoms with Crippen LogP contribution in [0, 0.1) is 5.92 Å². The second kappa shape index (κ2) is 6.68. The molecule has 1 heterocycles. The minimum Gasteiger partial charge on any atom is -0.464 e. The number of hydrogen-bond donors (Lipinski definition) is 2. The highest BCUT2D eigenvalue weighted by atomic mass is 16.5. The van der Waals surface area contributed by atoms with Crippen LogP contribution in [-0.2, 0) is 6.42 Å². The normalized spacial score (nSPS) is 13.0. The molecule has 4 nitrogen and oxygen atoms in total. The molecule has 1 atom stereocenters. The second-order valence-corrected chi connectivity index (χ2v) is 5.15. The fraction of sp³-hybridized carbons (Fsp3) is 0.438. The van der Waals surface area contributed by atoms with E-state index in [0.29, 0.717) is 23.3 Å². The lowest BCUT2D eigenvalue weighted by Crippen LogP contribution is -2.10. The minimum atomic E-state index is -1.24. The van der Waals surface area contributed by atoms with Crippen molar-refractivity contribution in [2.24, 2.45) is 5.92 Å². The lowest BCUT2D eigenvalue weighted by atomic mass is 9.92. The summed E-state index contributed by atoms with van der Waals surface area (Å²) in [5, 5.41) is 18.5. The van der Waals surface area contributed by atoms with Crippen molar-refractivity contribution in [3.8, 4) is 0 Å². The van der Waals surface area contributed by atoms with Crippen LogP contribution in [-0.4, -0.2) is 16.5 Å². The molecule has 4 heteroatoms. The van der Waals surface area contributed by atoms with Gasteiger partial charge in [0.15, 0.2) is 11.7 Å². The number of aliphatic hydroxyl groups excluding tert-OH is 1. The van der Waals surface area contributed by atoms with Crippen molar-refractivity contribution in [2.45, 2.75) is 38.9 Å².